The highest BCUT2D eigenvalue weighted by Crippen LogP contribution is 2.45. The van der Waals surface area contributed by atoms with Gasteiger partial charge in [-0.2, -0.15) is 0 Å². The molecule has 1 saturated carbocycles. The number of aromatic nitrogens is 2. The molecule has 0 bridgehead atoms. The number of hydrogen-bond donors (Lipinski definition) is 0. The van der Waals surface area contributed by atoms with Gasteiger partial charge in [-0.25, -0.2) is 9.97 Å². The van der Waals surface area contributed by atoms with Crippen molar-refractivity contribution < 1.29 is 4.79 Å². The van der Waals surface area contributed by atoms with Crippen LogP contribution < -0.4 is 0 Å². The molecule has 1 fully saturated rings. The maximum Gasteiger partial charge on any atom is 0.129 e. The van der Waals surface area contributed by atoms with E-state index in [0.29, 0.717) is 6.42 Å². The highest BCUT2D eigenvalue weighted by molar-refractivity contribution is 5.63. The molecule has 0 N–H and O–H groups in total. The van der Waals surface area contributed by atoms with Crippen molar-refractivity contribution in [3.8, 4) is 0 Å². The van der Waals surface area contributed by atoms with Gasteiger partial charge in [0.25, 0.3) is 0 Å². The number of carbonyl (C=O) groups excluding carboxylic acids is 1. The molecule has 1 heterocycles. The summed E-state index contributed by atoms with van der Waals surface area (Å²) in [5, 5.41) is 0. The Bertz CT molecular complexity index is 314. The van der Waals surface area contributed by atoms with Crippen LogP contribution in [0, 0.1) is 12.3 Å². The van der Waals surface area contributed by atoms with E-state index < -0.39 is 0 Å². The Hall–Kier alpha value is -1.25. The van der Waals surface area contributed by atoms with Crippen LogP contribution in [0.3, 0.4) is 0 Å². The number of carbonyl (C=O) groups is 1. The van der Waals surface area contributed by atoms with E-state index >= 15 is 0 Å². The number of aldehydes is 1. The fourth-order valence-electron chi connectivity index (χ4n) is 1.32. The molecule has 68 valence electrons. The summed E-state index contributed by atoms with van der Waals surface area (Å²) < 4.78 is 0. The van der Waals surface area contributed by atoms with Gasteiger partial charge in [-0.05, 0) is 25.3 Å². The van der Waals surface area contributed by atoms with E-state index in [1.165, 1.54) is 0 Å². The zero-order chi connectivity index (χ0) is 9.31. The van der Waals surface area contributed by atoms with E-state index in [1.54, 1.807) is 12.4 Å². The molecule has 0 atom stereocenters. The van der Waals surface area contributed by atoms with E-state index in [2.05, 4.69) is 9.97 Å². The predicted molar refractivity (Wildman–Crippen MR) is 48.2 cm³/mol. The van der Waals surface area contributed by atoms with Gasteiger partial charge >= 0.3 is 0 Å². The van der Waals surface area contributed by atoms with Crippen LogP contribution in [0.25, 0.3) is 0 Å². The lowest BCUT2D eigenvalue weighted by Crippen LogP contribution is -2.09. The third kappa shape index (κ3) is 1.74. The lowest BCUT2D eigenvalue weighted by Gasteiger charge is -2.04. The van der Waals surface area contributed by atoms with Gasteiger partial charge in [-0.1, -0.05) is 0 Å². The number of rotatable bonds is 3. The van der Waals surface area contributed by atoms with Gasteiger partial charge in [0.1, 0.15) is 12.1 Å². The molecule has 0 spiro atoms. The van der Waals surface area contributed by atoms with Gasteiger partial charge in [-0.15, -0.1) is 0 Å². The van der Waals surface area contributed by atoms with E-state index in [1.807, 2.05) is 6.92 Å². The number of hydrogen-bond acceptors (Lipinski definition) is 3. The Labute approximate surface area is 77.2 Å². The highest BCUT2D eigenvalue weighted by Gasteiger charge is 2.43. The summed E-state index contributed by atoms with van der Waals surface area (Å²) in [7, 11) is 0. The minimum absolute atomic E-state index is 0.116. The molecular formula is C10H12N2O. The standard InChI is InChI=1S/C10H12N2O/c1-8-5-11-9(12-6-8)4-10(7-13)2-3-10/h5-7H,2-4H2,1H3. The van der Waals surface area contributed by atoms with Crippen LogP contribution in [0.4, 0.5) is 0 Å². The van der Waals surface area contributed by atoms with Crippen LogP contribution in [-0.2, 0) is 11.2 Å². The summed E-state index contributed by atoms with van der Waals surface area (Å²) in [6.45, 7) is 1.95. The quantitative estimate of drug-likeness (QED) is 0.652. The molecule has 0 amide bonds. The second-order valence-corrected chi connectivity index (χ2v) is 3.83. The molecule has 0 aliphatic heterocycles. The zero-order valence-electron chi connectivity index (χ0n) is 7.66. The van der Waals surface area contributed by atoms with Crippen LogP contribution >= 0.6 is 0 Å². The number of nitrogens with zero attached hydrogens (tertiary/aromatic N) is 2. The molecule has 1 aliphatic carbocycles. The van der Waals surface area contributed by atoms with Crippen molar-refractivity contribution in [2.75, 3.05) is 0 Å². The van der Waals surface area contributed by atoms with Crippen LogP contribution in [0.5, 0.6) is 0 Å². The summed E-state index contributed by atoms with van der Waals surface area (Å²) in [5.74, 6) is 0.787. The van der Waals surface area contributed by atoms with E-state index in [0.717, 1.165) is 30.5 Å². The smallest absolute Gasteiger partial charge is 0.129 e. The second kappa shape index (κ2) is 2.91. The fraction of sp³-hybridized carbons (Fsp3) is 0.500. The summed E-state index contributed by atoms with van der Waals surface area (Å²) in [4.78, 5) is 19.1. The lowest BCUT2D eigenvalue weighted by molar-refractivity contribution is -0.112. The normalized spacial score (nSPS) is 18.2. The lowest BCUT2D eigenvalue weighted by atomic mass is 10.0. The first-order valence-electron chi connectivity index (χ1n) is 4.48. The predicted octanol–water partition coefficient (Wildman–Crippen LogP) is 1.31. The number of aryl methyl sites for hydroxylation is 1. The van der Waals surface area contributed by atoms with Crippen molar-refractivity contribution in [3.05, 3.63) is 23.8 Å². The van der Waals surface area contributed by atoms with Crippen LogP contribution in [0.2, 0.25) is 0 Å². The van der Waals surface area contributed by atoms with E-state index in [-0.39, 0.29) is 5.41 Å². The summed E-state index contributed by atoms with van der Waals surface area (Å²) in [6.07, 6.45) is 7.33. The second-order valence-electron chi connectivity index (χ2n) is 3.83. The van der Waals surface area contributed by atoms with Gasteiger partial charge in [0.15, 0.2) is 0 Å². The zero-order valence-corrected chi connectivity index (χ0v) is 7.66. The topological polar surface area (TPSA) is 42.9 Å². The Balaban J connectivity index is 2.10. The Morgan fingerprint density at radius 3 is 2.54 bits per heavy atom. The molecule has 1 aromatic heterocycles. The van der Waals surface area contributed by atoms with Crippen molar-refractivity contribution in [1.82, 2.24) is 9.97 Å². The maximum absolute atomic E-state index is 10.7. The molecule has 3 heteroatoms. The van der Waals surface area contributed by atoms with Gasteiger partial charge in [-0.3, -0.25) is 0 Å². The van der Waals surface area contributed by atoms with Crippen LogP contribution in [0.1, 0.15) is 24.2 Å². The van der Waals surface area contributed by atoms with Gasteiger partial charge in [0, 0.05) is 24.2 Å². The first kappa shape index (κ1) is 8.35. The van der Waals surface area contributed by atoms with Crippen LogP contribution in [0.15, 0.2) is 12.4 Å². The molecule has 3 nitrogen and oxygen atoms in total. The molecule has 0 saturated heterocycles. The maximum atomic E-state index is 10.7. The molecule has 13 heavy (non-hydrogen) atoms. The Morgan fingerprint density at radius 1 is 1.46 bits per heavy atom. The van der Waals surface area contributed by atoms with Gasteiger partial charge < -0.3 is 4.79 Å². The van der Waals surface area contributed by atoms with Gasteiger partial charge in [0.2, 0.25) is 0 Å². The Kier molecular flexibility index (Phi) is 1.87. The van der Waals surface area contributed by atoms with Crippen molar-refractivity contribution in [2.24, 2.45) is 5.41 Å². The average molecular weight is 176 g/mol. The minimum Gasteiger partial charge on any atom is -0.303 e. The largest absolute Gasteiger partial charge is 0.303 e. The molecule has 1 aromatic rings. The molecular weight excluding hydrogens is 164 g/mol. The molecule has 0 radical (unpaired) electrons. The Morgan fingerprint density at radius 2 is 2.08 bits per heavy atom. The molecule has 0 aromatic carbocycles. The van der Waals surface area contributed by atoms with E-state index in [4.69, 9.17) is 0 Å². The van der Waals surface area contributed by atoms with Gasteiger partial charge in [0.05, 0.1) is 0 Å². The third-order valence-corrected chi connectivity index (χ3v) is 2.49. The third-order valence-electron chi connectivity index (χ3n) is 2.49. The monoisotopic (exact) mass is 176 g/mol. The van der Waals surface area contributed by atoms with E-state index in [9.17, 15) is 4.79 Å². The highest BCUT2D eigenvalue weighted by atomic mass is 16.1. The molecule has 0 unspecified atom stereocenters. The molecule has 1 aliphatic rings. The van der Waals surface area contributed by atoms with Crippen molar-refractivity contribution in [2.45, 2.75) is 26.2 Å². The summed E-state index contributed by atoms with van der Waals surface area (Å²) in [5.41, 5.74) is 0.939. The SMILES string of the molecule is Cc1cnc(CC2(C=O)CC2)nc1. The summed E-state index contributed by atoms with van der Waals surface area (Å²) >= 11 is 0. The van der Waals surface area contributed by atoms with Crippen molar-refractivity contribution >= 4 is 6.29 Å². The molecule has 2 rings (SSSR count). The van der Waals surface area contributed by atoms with Crippen LogP contribution in [-0.4, -0.2) is 16.3 Å². The fourth-order valence-corrected chi connectivity index (χ4v) is 1.32. The van der Waals surface area contributed by atoms with Crippen molar-refractivity contribution in [1.29, 1.82) is 0 Å². The summed E-state index contributed by atoms with van der Waals surface area (Å²) in [6, 6.07) is 0. The average Bonchev–Trinajstić information content (AvgIpc) is 2.90. The first-order valence-corrected chi connectivity index (χ1v) is 4.48. The minimum atomic E-state index is -0.116. The first-order chi connectivity index (χ1) is 6.24. The van der Waals surface area contributed by atoms with Crippen molar-refractivity contribution in [3.63, 3.8) is 0 Å².